The molecular formula is C14H8ClF3OS. The van der Waals surface area contributed by atoms with Crippen LogP contribution in [-0.4, -0.2) is 5.78 Å². The zero-order chi connectivity index (χ0) is 14.5. The lowest BCUT2D eigenvalue weighted by molar-refractivity contribution is -0.137. The van der Waals surface area contributed by atoms with Crippen LogP contribution >= 0.6 is 22.9 Å². The van der Waals surface area contributed by atoms with E-state index in [0.717, 1.165) is 17.7 Å². The number of carbonyl (C=O) groups is 1. The Morgan fingerprint density at radius 3 is 2.35 bits per heavy atom. The van der Waals surface area contributed by atoms with Gasteiger partial charge in [-0.25, -0.2) is 0 Å². The van der Waals surface area contributed by atoms with E-state index in [0.29, 0.717) is 33.2 Å². The summed E-state index contributed by atoms with van der Waals surface area (Å²) in [7, 11) is 0. The maximum absolute atomic E-state index is 12.5. The Labute approximate surface area is 122 Å². The van der Waals surface area contributed by atoms with E-state index < -0.39 is 11.7 Å². The summed E-state index contributed by atoms with van der Waals surface area (Å²) >= 11 is 7.35. The number of ketones is 1. The van der Waals surface area contributed by atoms with Crippen molar-refractivity contribution in [2.45, 2.75) is 19.0 Å². The van der Waals surface area contributed by atoms with E-state index in [-0.39, 0.29) is 5.78 Å². The van der Waals surface area contributed by atoms with Gasteiger partial charge >= 0.3 is 6.18 Å². The van der Waals surface area contributed by atoms with Crippen molar-refractivity contribution in [3.8, 4) is 10.4 Å². The summed E-state index contributed by atoms with van der Waals surface area (Å²) in [5.41, 5.74) is 1.31. The molecule has 0 spiro atoms. The summed E-state index contributed by atoms with van der Waals surface area (Å²) in [6.45, 7) is 0. The molecule has 2 aromatic rings. The third-order valence-electron chi connectivity index (χ3n) is 3.31. The Balaban J connectivity index is 2.07. The molecule has 0 fully saturated rings. The van der Waals surface area contributed by atoms with Gasteiger partial charge in [0.25, 0.3) is 0 Å². The van der Waals surface area contributed by atoms with Crippen LogP contribution < -0.4 is 0 Å². The molecule has 0 bridgehead atoms. The van der Waals surface area contributed by atoms with Gasteiger partial charge in [-0.1, -0.05) is 23.7 Å². The summed E-state index contributed by atoms with van der Waals surface area (Å²) in [5, 5.41) is 0. The molecule has 0 aliphatic heterocycles. The highest BCUT2D eigenvalue weighted by molar-refractivity contribution is 7.20. The van der Waals surface area contributed by atoms with Crippen molar-refractivity contribution < 1.29 is 18.0 Å². The number of hydrogen-bond donors (Lipinski definition) is 0. The lowest BCUT2D eigenvalue weighted by Crippen LogP contribution is -2.04. The van der Waals surface area contributed by atoms with Crippen LogP contribution in [0.2, 0.25) is 4.34 Å². The molecule has 0 amide bonds. The number of fused-ring (bicyclic) bond motifs is 1. The molecule has 1 aliphatic rings. The minimum atomic E-state index is -4.36. The van der Waals surface area contributed by atoms with Gasteiger partial charge in [-0.3, -0.25) is 4.79 Å². The summed E-state index contributed by atoms with van der Waals surface area (Å²) in [4.78, 5) is 12.5. The number of Topliss-reactive ketones (excluding diaryl/α,β-unsaturated/α-hetero) is 1. The molecule has 1 aliphatic carbocycles. The van der Waals surface area contributed by atoms with Crippen molar-refractivity contribution >= 4 is 28.7 Å². The van der Waals surface area contributed by atoms with E-state index >= 15 is 0 Å². The first-order valence-corrected chi connectivity index (χ1v) is 7.09. The zero-order valence-electron chi connectivity index (χ0n) is 10.1. The quantitative estimate of drug-likeness (QED) is 0.705. The van der Waals surface area contributed by atoms with E-state index in [1.54, 1.807) is 0 Å². The smallest absolute Gasteiger partial charge is 0.294 e. The Hall–Kier alpha value is -1.33. The summed E-state index contributed by atoms with van der Waals surface area (Å²) < 4.78 is 38.2. The Morgan fingerprint density at radius 1 is 1.10 bits per heavy atom. The summed E-state index contributed by atoms with van der Waals surface area (Å²) in [6, 6.07) is 4.82. The first-order chi connectivity index (χ1) is 9.38. The predicted octanol–water partition coefficient (Wildman–Crippen LogP) is 5.22. The second-order valence-electron chi connectivity index (χ2n) is 4.56. The van der Waals surface area contributed by atoms with Gasteiger partial charge in [0.05, 0.1) is 9.90 Å². The number of halogens is 4. The third kappa shape index (κ3) is 2.15. The average Bonchev–Trinajstić information content (AvgIpc) is 2.91. The summed E-state index contributed by atoms with van der Waals surface area (Å²) in [6.07, 6.45) is -3.32. The average molecular weight is 317 g/mol. The van der Waals surface area contributed by atoms with Crippen LogP contribution in [0.3, 0.4) is 0 Å². The van der Waals surface area contributed by atoms with Gasteiger partial charge in [0.2, 0.25) is 0 Å². The first kappa shape index (κ1) is 13.6. The fraction of sp³-hybridized carbons (Fsp3) is 0.214. The predicted molar refractivity (Wildman–Crippen MR) is 72.4 cm³/mol. The third-order valence-corrected chi connectivity index (χ3v) is 4.84. The second kappa shape index (κ2) is 4.60. The first-order valence-electron chi connectivity index (χ1n) is 5.90. The van der Waals surface area contributed by atoms with Gasteiger partial charge < -0.3 is 0 Å². The lowest BCUT2D eigenvalue weighted by Gasteiger charge is -2.07. The van der Waals surface area contributed by atoms with E-state index in [9.17, 15) is 18.0 Å². The van der Waals surface area contributed by atoms with Gasteiger partial charge in [-0.05, 0) is 29.7 Å². The van der Waals surface area contributed by atoms with E-state index in [4.69, 9.17) is 11.6 Å². The molecule has 0 radical (unpaired) electrons. The van der Waals surface area contributed by atoms with Crippen LogP contribution in [0, 0.1) is 0 Å². The molecule has 20 heavy (non-hydrogen) atoms. The normalized spacial score (nSPS) is 14.7. The van der Waals surface area contributed by atoms with Crippen molar-refractivity contribution in [2.75, 3.05) is 0 Å². The molecule has 0 unspecified atom stereocenters. The van der Waals surface area contributed by atoms with Crippen LogP contribution in [0.15, 0.2) is 24.3 Å². The van der Waals surface area contributed by atoms with Crippen LogP contribution in [0.5, 0.6) is 0 Å². The number of alkyl halides is 3. The Kier molecular flexibility index (Phi) is 3.14. The molecule has 1 heterocycles. The SMILES string of the molecule is O=C1CCc2c(Cl)sc(-c3ccc(C(F)(F)F)cc3)c21. The number of benzene rings is 1. The molecule has 0 saturated carbocycles. The van der Waals surface area contributed by atoms with E-state index in [1.807, 2.05) is 0 Å². The minimum absolute atomic E-state index is 0.0121. The van der Waals surface area contributed by atoms with Gasteiger partial charge in [0, 0.05) is 16.9 Å². The maximum Gasteiger partial charge on any atom is 0.416 e. The molecule has 6 heteroatoms. The van der Waals surface area contributed by atoms with Crippen LogP contribution in [0.4, 0.5) is 13.2 Å². The maximum atomic E-state index is 12.5. The Morgan fingerprint density at radius 2 is 1.75 bits per heavy atom. The fourth-order valence-corrected chi connectivity index (χ4v) is 3.85. The molecule has 0 N–H and O–H groups in total. The standard InChI is InChI=1S/C14H8ClF3OS/c15-13-9-5-6-10(19)11(9)12(20-13)7-1-3-8(4-2-7)14(16,17)18/h1-4H,5-6H2. The van der Waals surface area contributed by atoms with Gasteiger partial charge in [0.1, 0.15) is 0 Å². The number of thiophene rings is 1. The van der Waals surface area contributed by atoms with Crippen LogP contribution in [0.25, 0.3) is 10.4 Å². The molecule has 0 saturated heterocycles. The van der Waals surface area contributed by atoms with E-state index in [1.165, 1.54) is 23.5 Å². The van der Waals surface area contributed by atoms with Crippen molar-refractivity contribution in [3.63, 3.8) is 0 Å². The minimum Gasteiger partial charge on any atom is -0.294 e. The topological polar surface area (TPSA) is 17.1 Å². The number of carbonyl (C=O) groups excluding carboxylic acids is 1. The fourth-order valence-electron chi connectivity index (χ4n) is 2.33. The molecule has 3 rings (SSSR count). The zero-order valence-corrected chi connectivity index (χ0v) is 11.6. The van der Waals surface area contributed by atoms with Gasteiger partial charge in [0.15, 0.2) is 5.78 Å². The molecular weight excluding hydrogens is 309 g/mol. The van der Waals surface area contributed by atoms with Gasteiger partial charge in [-0.2, -0.15) is 13.2 Å². The molecule has 1 aromatic carbocycles. The second-order valence-corrected chi connectivity index (χ2v) is 6.18. The highest BCUT2D eigenvalue weighted by Crippen LogP contribution is 2.44. The largest absolute Gasteiger partial charge is 0.416 e. The van der Waals surface area contributed by atoms with Gasteiger partial charge in [-0.15, -0.1) is 11.3 Å². The van der Waals surface area contributed by atoms with Crippen molar-refractivity contribution in [1.29, 1.82) is 0 Å². The highest BCUT2D eigenvalue weighted by atomic mass is 35.5. The highest BCUT2D eigenvalue weighted by Gasteiger charge is 2.31. The Bertz CT molecular complexity index is 686. The monoisotopic (exact) mass is 316 g/mol. The van der Waals surface area contributed by atoms with Crippen LogP contribution in [-0.2, 0) is 12.6 Å². The number of hydrogen-bond acceptors (Lipinski definition) is 2. The van der Waals surface area contributed by atoms with Crippen LogP contribution in [0.1, 0.15) is 27.9 Å². The van der Waals surface area contributed by atoms with Crippen molar-refractivity contribution in [1.82, 2.24) is 0 Å². The van der Waals surface area contributed by atoms with E-state index in [2.05, 4.69) is 0 Å². The molecule has 1 aromatic heterocycles. The molecule has 1 nitrogen and oxygen atoms in total. The van der Waals surface area contributed by atoms with Crippen molar-refractivity contribution in [2.24, 2.45) is 0 Å². The summed E-state index contributed by atoms with van der Waals surface area (Å²) in [5.74, 6) is 0.0121. The number of rotatable bonds is 1. The molecule has 0 atom stereocenters. The van der Waals surface area contributed by atoms with Crippen molar-refractivity contribution in [3.05, 3.63) is 45.3 Å². The molecule has 104 valence electrons. The lowest BCUT2D eigenvalue weighted by atomic mass is 10.1.